The van der Waals surface area contributed by atoms with Crippen LogP contribution in [0.4, 0.5) is 0 Å². The van der Waals surface area contributed by atoms with Gasteiger partial charge in [0.05, 0.1) is 11.4 Å². The Balaban J connectivity index is 1.58. The lowest BCUT2D eigenvalue weighted by Crippen LogP contribution is -2.23. The number of rotatable bonds is 6. The molecule has 0 atom stereocenters. The minimum absolute atomic E-state index is 0.257. The average molecular weight is 408 g/mol. The number of aryl methyl sites for hydroxylation is 2. The normalized spacial score (nSPS) is 11.0. The molecule has 2 heterocycles. The number of benzene rings is 2. The van der Waals surface area contributed by atoms with Gasteiger partial charge in [-0.1, -0.05) is 18.2 Å². The molecule has 0 bridgehead atoms. The highest BCUT2D eigenvalue weighted by Gasteiger charge is 2.14. The van der Waals surface area contributed by atoms with Crippen molar-refractivity contribution in [1.29, 1.82) is 0 Å². The third kappa shape index (κ3) is 3.81. The van der Waals surface area contributed by atoms with Gasteiger partial charge in [-0.25, -0.2) is 9.48 Å². The minimum Gasteiger partial charge on any atom is -0.472 e. The summed E-state index contributed by atoms with van der Waals surface area (Å²) in [6.07, 6.45) is 3.90. The molecule has 0 aliphatic heterocycles. The quantitative estimate of drug-likeness (QED) is 0.457. The Morgan fingerprint density at radius 2 is 1.93 bits per heavy atom. The first-order chi connectivity index (χ1) is 14.1. The van der Waals surface area contributed by atoms with Crippen LogP contribution < -0.4 is 10.4 Å². The molecule has 0 spiro atoms. The molecular formula is C20H20N6O2S. The van der Waals surface area contributed by atoms with E-state index in [1.54, 1.807) is 23.5 Å². The summed E-state index contributed by atoms with van der Waals surface area (Å²) < 4.78 is 10.2. The fourth-order valence-electron chi connectivity index (χ4n) is 2.96. The van der Waals surface area contributed by atoms with Gasteiger partial charge in [-0.3, -0.25) is 0 Å². The van der Waals surface area contributed by atoms with E-state index in [9.17, 15) is 4.79 Å². The highest BCUT2D eigenvalue weighted by molar-refractivity contribution is 7.98. The number of nitrogens with zero attached hydrogens (tertiary/aromatic N) is 6. The van der Waals surface area contributed by atoms with Crippen LogP contribution in [0.1, 0.15) is 11.1 Å². The predicted octanol–water partition coefficient (Wildman–Crippen LogP) is 2.76. The highest BCUT2D eigenvalue weighted by Crippen LogP contribution is 2.21. The van der Waals surface area contributed by atoms with Crippen molar-refractivity contribution in [1.82, 2.24) is 29.6 Å². The fraction of sp³-hybridized carbons (Fsp3) is 0.200. The Hall–Kier alpha value is -3.33. The number of aromatic nitrogens is 6. The van der Waals surface area contributed by atoms with E-state index < -0.39 is 0 Å². The van der Waals surface area contributed by atoms with Gasteiger partial charge in [-0.15, -0.1) is 16.9 Å². The third-order valence-corrected chi connectivity index (χ3v) is 5.31. The van der Waals surface area contributed by atoms with E-state index in [0.717, 1.165) is 16.8 Å². The Morgan fingerprint density at radius 1 is 1.10 bits per heavy atom. The number of hydrogen-bond acceptors (Lipinski definition) is 6. The lowest BCUT2D eigenvalue weighted by Gasteiger charge is -2.11. The second-order valence-corrected chi connectivity index (χ2v) is 7.34. The van der Waals surface area contributed by atoms with E-state index in [0.29, 0.717) is 11.6 Å². The highest BCUT2D eigenvalue weighted by atomic mass is 32.2. The molecule has 0 unspecified atom stereocenters. The van der Waals surface area contributed by atoms with Crippen molar-refractivity contribution in [2.24, 2.45) is 7.05 Å². The van der Waals surface area contributed by atoms with E-state index in [1.165, 1.54) is 14.3 Å². The van der Waals surface area contributed by atoms with Crippen LogP contribution in [0, 0.1) is 6.92 Å². The van der Waals surface area contributed by atoms with Crippen molar-refractivity contribution >= 4 is 11.8 Å². The van der Waals surface area contributed by atoms with Crippen LogP contribution in [0.5, 0.6) is 5.88 Å². The largest absolute Gasteiger partial charge is 0.472 e. The smallest absolute Gasteiger partial charge is 0.368 e. The number of hydrogen-bond donors (Lipinski definition) is 0. The number of tetrazole rings is 1. The monoisotopic (exact) mass is 408 g/mol. The summed E-state index contributed by atoms with van der Waals surface area (Å²) in [5.74, 6) is 0.500. The zero-order valence-corrected chi connectivity index (χ0v) is 17.1. The van der Waals surface area contributed by atoms with Crippen LogP contribution in [-0.2, 0) is 13.7 Å². The minimum atomic E-state index is -0.310. The van der Waals surface area contributed by atoms with Gasteiger partial charge in [-0.05, 0) is 53.4 Å². The maximum absolute atomic E-state index is 12.3. The Bertz CT molecular complexity index is 1210. The van der Waals surface area contributed by atoms with Gasteiger partial charge >= 0.3 is 5.69 Å². The molecule has 0 fully saturated rings. The molecule has 0 aliphatic carbocycles. The second-order valence-electron chi connectivity index (χ2n) is 6.46. The molecule has 148 valence electrons. The summed E-state index contributed by atoms with van der Waals surface area (Å²) in [4.78, 5) is 13.4. The summed E-state index contributed by atoms with van der Waals surface area (Å²) in [5, 5.41) is 12.2. The molecule has 4 aromatic rings. The van der Waals surface area contributed by atoms with Crippen LogP contribution in [0.2, 0.25) is 0 Å². The summed E-state index contributed by atoms with van der Waals surface area (Å²) in [6.45, 7) is 2.23. The van der Waals surface area contributed by atoms with Gasteiger partial charge in [0.2, 0.25) is 5.88 Å². The maximum atomic E-state index is 12.3. The Morgan fingerprint density at radius 3 is 2.69 bits per heavy atom. The molecule has 9 heteroatoms. The molecule has 2 aromatic heterocycles. The summed E-state index contributed by atoms with van der Waals surface area (Å²) in [5.41, 5.74) is 3.15. The van der Waals surface area contributed by atoms with Gasteiger partial charge in [0.1, 0.15) is 6.61 Å². The van der Waals surface area contributed by atoms with Crippen molar-refractivity contribution in [2.45, 2.75) is 18.4 Å². The van der Waals surface area contributed by atoms with Crippen LogP contribution >= 0.6 is 11.8 Å². The molecule has 0 aliphatic rings. The molecule has 0 saturated heterocycles. The van der Waals surface area contributed by atoms with E-state index in [2.05, 4.69) is 27.7 Å². The predicted molar refractivity (Wildman–Crippen MR) is 111 cm³/mol. The van der Waals surface area contributed by atoms with Crippen molar-refractivity contribution < 1.29 is 4.74 Å². The van der Waals surface area contributed by atoms with Crippen molar-refractivity contribution in [2.75, 3.05) is 6.26 Å². The van der Waals surface area contributed by atoms with E-state index >= 15 is 0 Å². The third-order valence-electron chi connectivity index (χ3n) is 4.58. The van der Waals surface area contributed by atoms with Crippen LogP contribution in [0.3, 0.4) is 0 Å². The molecule has 8 nitrogen and oxygen atoms in total. The summed E-state index contributed by atoms with van der Waals surface area (Å²) in [6, 6.07) is 15.6. The van der Waals surface area contributed by atoms with E-state index in [-0.39, 0.29) is 12.3 Å². The number of thioether (sulfide) groups is 1. The molecule has 0 N–H and O–H groups in total. The standard InChI is InChI=1S/C20H20N6O2S/c1-14-6-4-9-18(26-20(27)24(2)22-23-26)17(14)13-28-19-10-11-25(21-19)15-7-5-8-16(12-15)29-3/h4-12H,13H2,1-3H3. The molecule has 29 heavy (non-hydrogen) atoms. The number of ether oxygens (including phenoxy) is 1. The first kappa shape index (κ1) is 19.0. The van der Waals surface area contributed by atoms with Gasteiger partial charge in [0.25, 0.3) is 0 Å². The maximum Gasteiger partial charge on any atom is 0.368 e. The first-order valence-electron chi connectivity index (χ1n) is 8.97. The Kier molecular flexibility index (Phi) is 5.22. The zero-order chi connectivity index (χ0) is 20.4. The lowest BCUT2D eigenvalue weighted by atomic mass is 10.1. The molecule has 0 amide bonds. The van der Waals surface area contributed by atoms with Gasteiger partial charge < -0.3 is 4.74 Å². The summed E-state index contributed by atoms with van der Waals surface area (Å²) >= 11 is 1.68. The molecular weight excluding hydrogens is 388 g/mol. The van der Waals surface area contributed by atoms with E-state index in [4.69, 9.17) is 4.74 Å². The SMILES string of the molecule is CSc1cccc(-n2ccc(OCc3c(C)cccc3-n3nnn(C)c3=O)n2)c1. The topological polar surface area (TPSA) is 79.8 Å². The average Bonchev–Trinajstić information content (AvgIpc) is 3.34. The van der Waals surface area contributed by atoms with Crippen LogP contribution in [-0.4, -0.2) is 35.8 Å². The van der Waals surface area contributed by atoms with Gasteiger partial charge in [0.15, 0.2) is 0 Å². The van der Waals surface area contributed by atoms with Crippen molar-refractivity contribution in [3.05, 3.63) is 76.3 Å². The Labute approximate surface area is 171 Å². The summed E-state index contributed by atoms with van der Waals surface area (Å²) in [7, 11) is 1.57. The van der Waals surface area contributed by atoms with Gasteiger partial charge in [-0.2, -0.15) is 9.36 Å². The molecule has 4 rings (SSSR count). The fourth-order valence-corrected chi connectivity index (χ4v) is 3.42. The molecule has 0 saturated carbocycles. The van der Waals surface area contributed by atoms with Crippen molar-refractivity contribution in [3.63, 3.8) is 0 Å². The lowest BCUT2D eigenvalue weighted by molar-refractivity contribution is 0.290. The van der Waals surface area contributed by atoms with Crippen LogP contribution in [0.25, 0.3) is 11.4 Å². The molecule has 2 aromatic carbocycles. The zero-order valence-electron chi connectivity index (χ0n) is 16.3. The first-order valence-corrected chi connectivity index (χ1v) is 10.2. The molecule has 0 radical (unpaired) electrons. The van der Waals surface area contributed by atoms with Gasteiger partial charge in [0, 0.05) is 29.8 Å². The van der Waals surface area contributed by atoms with Crippen molar-refractivity contribution in [3.8, 4) is 17.3 Å². The second kappa shape index (κ2) is 7.96. The van der Waals surface area contributed by atoms with Crippen LogP contribution in [0.15, 0.2) is 64.4 Å². The van der Waals surface area contributed by atoms with E-state index in [1.807, 2.05) is 55.8 Å².